The van der Waals surface area contributed by atoms with Crippen molar-refractivity contribution in [3.8, 4) is 11.8 Å². The van der Waals surface area contributed by atoms with Crippen molar-refractivity contribution in [2.24, 2.45) is 0 Å². The van der Waals surface area contributed by atoms with Crippen LogP contribution in [0.15, 0.2) is 53.4 Å². The minimum absolute atomic E-state index is 0.133. The van der Waals surface area contributed by atoms with Crippen molar-refractivity contribution in [2.75, 3.05) is 20.6 Å². The lowest BCUT2D eigenvalue weighted by Gasteiger charge is -2.09. The Labute approximate surface area is 157 Å². The third kappa shape index (κ3) is 5.13. The van der Waals surface area contributed by atoms with Crippen molar-refractivity contribution in [1.29, 1.82) is 0 Å². The van der Waals surface area contributed by atoms with Gasteiger partial charge >= 0.3 is 0 Å². The van der Waals surface area contributed by atoms with Gasteiger partial charge in [0.25, 0.3) is 11.6 Å². The number of hydrogen-bond acceptors (Lipinski definition) is 5. The fourth-order valence-corrected chi connectivity index (χ4v) is 3.24. The summed E-state index contributed by atoms with van der Waals surface area (Å²) < 4.78 is 26.7. The molecule has 8 nitrogen and oxygen atoms in total. The molecule has 2 aromatic carbocycles. The van der Waals surface area contributed by atoms with Crippen LogP contribution in [-0.2, 0) is 10.0 Å². The Morgan fingerprint density at radius 2 is 1.78 bits per heavy atom. The molecule has 2 rings (SSSR count). The molecule has 0 aliphatic rings. The van der Waals surface area contributed by atoms with Crippen LogP contribution < -0.4 is 4.72 Å². The van der Waals surface area contributed by atoms with E-state index in [2.05, 4.69) is 16.6 Å². The summed E-state index contributed by atoms with van der Waals surface area (Å²) in [6.07, 6.45) is 0. The van der Waals surface area contributed by atoms with E-state index in [0.717, 1.165) is 12.1 Å². The van der Waals surface area contributed by atoms with E-state index in [1.54, 1.807) is 38.4 Å². The zero-order valence-electron chi connectivity index (χ0n) is 14.7. The minimum Gasteiger partial charge on any atom is -0.345 e. The lowest BCUT2D eigenvalue weighted by molar-refractivity contribution is -0.387. The van der Waals surface area contributed by atoms with Crippen molar-refractivity contribution >= 4 is 21.6 Å². The number of amides is 1. The maximum Gasteiger partial charge on any atom is 0.289 e. The fraction of sp³-hybridized carbons (Fsp3) is 0.167. The van der Waals surface area contributed by atoms with Crippen molar-refractivity contribution < 1.29 is 18.1 Å². The van der Waals surface area contributed by atoms with Crippen molar-refractivity contribution in [2.45, 2.75) is 4.90 Å². The molecule has 0 bridgehead atoms. The molecule has 0 heterocycles. The Kier molecular flexibility index (Phi) is 6.28. The van der Waals surface area contributed by atoms with Crippen LogP contribution in [0.3, 0.4) is 0 Å². The summed E-state index contributed by atoms with van der Waals surface area (Å²) in [7, 11) is -0.758. The van der Waals surface area contributed by atoms with Crippen LogP contribution in [0.1, 0.15) is 15.9 Å². The summed E-state index contributed by atoms with van der Waals surface area (Å²) in [5.41, 5.74) is 0.622. The molecule has 0 aliphatic carbocycles. The standard InChI is InChI=1S/C18H17N3O5S/c1-20(2)18(22)15-11-9-14(10-12-15)6-5-13-19-27(25,26)17-8-4-3-7-16(17)21(23)24/h3-4,7-12,19H,13H2,1-2H3. The van der Waals surface area contributed by atoms with Gasteiger partial charge < -0.3 is 4.90 Å². The molecule has 140 valence electrons. The van der Waals surface area contributed by atoms with Gasteiger partial charge in [0.15, 0.2) is 4.90 Å². The van der Waals surface area contributed by atoms with Crippen molar-refractivity contribution in [1.82, 2.24) is 9.62 Å². The van der Waals surface area contributed by atoms with E-state index in [1.165, 1.54) is 17.0 Å². The van der Waals surface area contributed by atoms with E-state index >= 15 is 0 Å². The number of nitrogens with zero attached hydrogens (tertiary/aromatic N) is 2. The Morgan fingerprint density at radius 1 is 1.15 bits per heavy atom. The van der Waals surface area contributed by atoms with Gasteiger partial charge in [0.2, 0.25) is 10.0 Å². The SMILES string of the molecule is CN(C)C(=O)c1ccc(C#CCNS(=O)(=O)c2ccccc2[N+](=O)[O-])cc1. The average molecular weight is 387 g/mol. The highest BCUT2D eigenvalue weighted by Gasteiger charge is 2.24. The second-order valence-electron chi connectivity index (χ2n) is 5.63. The van der Waals surface area contributed by atoms with Crippen LogP contribution in [0.2, 0.25) is 0 Å². The van der Waals surface area contributed by atoms with Crippen LogP contribution in [0.4, 0.5) is 5.69 Å². The molecule has 1 N–H and O–H groups in total. The highest BCUT2D eigenvalue weighted by molar-refractivity contribution is 7.89. The fourth-order valence-electron chi connectivity index (χ4n) is 2.14. The molecule has 9 heteroatoms. The maximum absolute atomic E-state index is 12.2. The first-order valence-corrected chi connectivity index (χ1v) is 9.24. The van der Waals surface area contributed by atoms with E-state index in [-0.39, 0.29) is 12.5 Å². The van der Waals surface area contributed by atoms with Gasteiger partial charge in [0.1, 0.15) is 0 Å². The molecule has 1 amide bonds. The number of sulfonamides is 1. The Bertz CT molecular complexity index is 1020. The van der Waals surface area contributed by atoms with Crippen LogP contribution in [0.5, 0.6) is 0 Å². The highest BCUT2D eigenvalue weighted by Crippen LogP contribution is 2.22. The third-order valence-electron chi connectivity index (χ3n) is 3.47. The molecule has 0 aromatic heterocycles. The lowest BCUT2D eigenvalue weighted by atomic mass is 10.1. The molecule has 0 aliphatic heterocycles. The van der Waals surface area contributed by atoms with Gasteiger partial charge in [-0.15, -0.1) is 0 Å². The third-order valence-corrected chi connectivity index (χ3v) is 4.92. The summed E-state index contributed by atoms with van der Waals surface area (Å²) >= 11 is 0. The monoisotopic (exact) mass is 387 g/mol. The average Bonchev–Trinajstić information content (AvgIpc) is 2.65. The van der Waals surface area contributed by atoms with Crippen LogP contribution in [0.25, 0.3) is 0 Å². The van der Waals surface area contributed by atoms with Crippen LogP contribution in [-0.4, -0.2) is 44.8 Å². The van der Waals surface area contributed by atoms with Gasteiger partial charge in [0, 0.05) is 31.3 Å². The number of rotatable bonds is 5. The van der Waals surface area contributed by atoms with E-state index in [1.807, 2.05) is 0 Å². The van der Waals surface area contributed by atoms with Crippen LogP contribution >= 0.6 is 0 Å². The highest BCUT2D eigenvalue weighted by atomic mass is 32.2. The number of para-hydroxylation sites is 1. The summed E-state index contributed by atoms with van der Waals surface area (Å²) in [6.45, 7) is -0.216. The van der Waals surface area contributed by atoms with Gasteiger partial charge in [-0.05, 0) is 30.3 Å². The molecule has 0 radical (unpaired) electrons. The molecular weight excluding hydrogens is 370 g/mol. The summed E-state index contributed by atoms with van der Waals surface area (Å²) in [5, 5.41) is 11.0. The molecule has 0 spiro atoms. The number of nitro groups is 1. The number of nitrogens with one attached hydrogen (secondary N) is 1. The number of hydrogen-bond donors (Lipinski definition) is 1. The second kappa shape index (κ2) is 8.44. The number of benzene rings is 2. The lowest BCUT2D eigenvalue weighted by Crippen LogP contribution is -2.24. The number of carbonyl (C=O) groups excluding carboxylic acids is 1. The first-order valence-electron chi connectivity index (χ1n) is 7.76. The molecule has 0 atom stereocenters. The Hall–Kier alpha value is -3.22. The molecule has 0 fully saturated rings. The molecule has 27 heavy (non-hydrogen) atoms. The van der Waals surface area contributed by atoms with E-state index in [0.29, 0.717) is 11.1 Å². The van der Waals surface area contributed by atoms with Gasteiger partial charge in [-0.3, -0.25) is 14.9 Å². The normalized spacial score (nSPS) is 10.6. The topological polar surface area (TPSA) is 110 Å². The van der Waals surface area contributed by atoms with Crippen LogP contribution in [0, 0.1) is 22.0 Å². The quantitative estimate of drug-likeness (QED) is 0.476. The van der Waals surface area contributed by atoms with Gasteiger partial charge in [-0.1, -0.05) is 24.0 Å². The zero-order chi connectivity index (χ0) is 20.0. The smallest absolute Gasteiger partial charge is 0.289 e. The van der Waals surface area contributed by atoms with E-state index in [4.69, 9.17) is 0 Å². The number of carbonyl (C=O) groups is 1. The summed E-state index contributed by atoms with van der Waals surface area (Å²) in [5.74, 6) is 5.28. The predicted molar refractivity (Wildman–Crippen MR) is 99.6 cm³/mol. The van der Waals surface area contributed by atoms with Gasteiger partial charge in [-0.25, -0.2) is 8.42 Å². The Balaban J connectivity index is 2.07. The predicted octanol–water partition coefficient (Wildman–Crippen LogP) is 1.63. The Morgan fingerprint density at radius 3 is 2.37 bits per heavy atom. The zero-order valence-corrected chi connectivity index (χ0v) is 15.5. The molecular formula is C18H17N3O5S. The molecule has 0 saturated carbocycles. The molecule has 2 aromatic rings. The van der Waals surface area contributed by atoms with Crippen molar-refractivity contribution in [3.63, 3.8) is 0 Å². The first kappa shape index (κ1) is 20.1. The first-order chi connectivity index (χ1) is 12.7. The molecule has 0 saturated heterocycles. The number of nitro benzene ring substituents is 1. The second-order valence-corrected chi connectivity index (χ2v) is 7.36. The van der Waals surface area contributed by atoms with E-state index in [9.17, 15) is 23.3 Å². The summed E-state index contributed by atoms with van der Waals surface area (Å²) in [6, 6.07) is 11.6. The van der Waals surface area contributed by atoms with Gasteiger partial charge in [-0.2, -0.15) is 4.72 Å². The largest absolute Gasteiger partial charge is 0.345 e. The van der Waals surface area contributed by atoms with Gasteiger partial charge in [0.05, 0.1) is 11.5 Å². The maximum atomic E-state index is 12.2. The van der Waals surface area contributed by atoms with Crippen molar-refractivity contribution in [3.05, 3.63) is 69.8 Å². The summed E-state index contributed by atoms with van der Waals surface area (Å²) in [4.78, 5) is 23.1. The molecule has 0 unspecified atom stereocenters. The van der Waals surface area contributed by atoms with E-state index < -0.39 is 25.5 Å². The minimum atomic E-state index is -4.06.